The van der Waals surface area contributed by atoms with E-state index in [0.29, 0.717) is 17.8 Å². The standard InChI is InChI=1S/C25H29FO3/c1-3-5-7-9-18-10-12-19(13-11-18)22-17-20-14-15-21(28-16-8-6-4-2)24(26)23(20)25(27)29-22/h10-15,17H,3-9,16H2,1-2H3. The molecule has 0 saturated heterocycles. The van der Waals surface area contributed by atoms with E-state index in [1.165, 1.54) is 24.8 Å². The fraction of sp³-hybridized carbons (Fsp3) is 0.400. The zero-order valence-corrected chi connectivity index (χ0v) is 17.3. The molecule has 0 aliphatic rings. The number of halogens is 1. The van der Waals surface area contributed by atoms with Gasteiger partial charge in [0.25, 0.3) is 0 Å². The zero-order chi connectivity index (χ0) is 20.6. The molecular formula is C25H29FO3. The molecular weight excluding hydrogens is 367 g/mol. The van der Waals surface area contributed by atoms with E-state index in [1.807, 2.05) is 12.1 Å². The van der Waals surface area contributed by atoms with Crippen molar-refractivity contribution < 1.29 is 13.5 Å². The van der Waals surface area contributed by atoms with Crippen LogP contribution in [-0.4, -0.2) is 6.61 Å². The monoisotopic (exact) mass is 396 g/mol. The Kier molecular flexibility index (Phi) is 7.45. The summed E-state index contributed by atoms with van der Waals surface area (Å²) in [5, 5.41) is 0.458. The van der Waals surface area contributed by atoms with Crippen LogP contribution in [0.15, 0.2) is 51.7 Å². The number of hydrogen-bond acceptors (Lipinski definition) is 3. The molecule has 0 radical (unpaired) electrons. The lowest BCUT2D eigenvalue weighted by Crippen LogP contribution is -2.06. The van der Waals surface area contributed by atoms with Crippen LogP contribution in [0.25, 0.3) is 22.1 Å². The van der Waals surface area contributed by atoms with Gasteiger partial charge in [-0.05, 0) is 42.3 Å². The third-order valence-electron chi connectivity index (χ3n) is 5.15. The van der Waals surface area contributed by atoms with Crippen LogP contribution in [0.3, 0.4) is 0 Å². The van der Waals surface area contributed by atoms with Gasteiger partial charge >= 0.3 is 5.63 Å². The van der Waals surface area contributed by atoms with Crippen molar-refractivity contribution in [1.29, 1.82) is 0 Å². The lowest BCUT2D eigenvalue weighted by atomic mass is 10.0. The number of ether oxygens (including phenoxy) is 1. The molecule has 0 atom stereocenters. The molecule has 0 saturated carbocycles. The van der Waals surface area contributed by atoms with E-state index in [-0.39, 0.29) is 11.1 Å². The lowest BCUT2D eigenvalue weighted by molar-refractivity contribution is 0.292. The topological polar surface area (TPSA) is 39.4 Å². The van der Waals surface area contributed by atoms with E-state index in [9.17, 15) is 9.18 Å². The van der Waals surface area contributed by atoms with Crippen molar-refractivity contribution in [3.63, 3.8) is 0 Å². The van der Waals surface area contributed by atoms with Crippen LogP contribution in [0, 0.1) is 5.82 Å². The van der Waals surface area contributed by atoms with Gasteiger partial charge in [0.15, 0.2) is 11.6 Å². The second kappa shape index (κ2) is 10.2. The minimum atomic E-state index is -0.680. The first-order valence-electron chi connectivity index (χ1n) is 10.6. The van der Waals surface area contributed by atoms with Gasteiger partial charge in [-0.3, -0.25) is 0 Å². The first-order valence-corrected chi connectivity index (χ1v) is 10.6. The quantitative estimate of drug-likeness (QED) is 0.350. The number of unbranched alkanes of at least 4 members (excludes halogenated alkanes) is 4. The summed E-state index contributed by atoms with van der Waals surface area (Å²) in [6.07, 6.45) is 7.58. The Morgan fingerprint density at radius 1 is 0.931 bits per heavy atom. The number of rotatable bonds is 10. The molecule has 0 amide bonds. The van der Waals surface area contributed by atoms with Crippen molar-refractivity contribution in [3.8, 4) is 17.1 Å². The van der Waals surface area contributed by atoms with Gasteiger partial charge in [0.2, 0.25) is 0 Å². The zero-order valence-electron chi connectivity index (χ0n) is 17.3. The average molecular weight is 397 g/mol. The lowest BCUT2D eigenvalue weighted by Gasteiger charge is -2.09. The van der Waals surface area contributed by atoms with Crippen molar-refractivity contribution >= 4 is 10.8 Å². The van der Waals surface area contributed by atoms with E-state index in [0.717, 1.165) is 31.2 Å². The number of fused-ring (bicyclic) bond motifs is 1. The summed E-state index contributed by atoms with van der Waals surface area (Å²) >= 11 is 0. The SMILES string of the molecule is CCCCCOc1ccc2cc(-c3ccc(CCCCC)cc3)oc(=O)c2c1F. The number of aryl methyl sites for hydroxylation is 1. The van der Waals surface area contributed by atoms with Gasteiger partial charge in [-0.15, -0.1) is 0 Å². The molecule has 0 bridgehead atoms. The Morgan fingerprint density at radius 2 is 1.66 bits per heavy atom. The predicted octanol–water partition coefficient (Wildman–Crippen LogP) is 6.90. The highest BCUT2D eigenvalue weighted by atomic mass is 19.1. The third kappa shape index (κ3) is 5.26. The van der Waals surface area contributed by atoms with Gasteiger partial charge in [0, 0.05) is 5.56 Å². The second-order valence-electron chi connectivity index (χ2n) is 7.45. The minimum Gasteiger partial charge on any atom is -0.490 e. The van der Waals surface area contributed by atoms with Crippen molar-refractivity contribution in [2.45, 2.75) is 58.8 Å². The summed E-state index contributed by atoms with van der Waals surface area (Å²) in [5.74, 6) is -0.103. The highest BCUT2D eigenvalue weighted by Crippen LogP contribution is 2.28. The predicted molar refractivity (Wildman–Crippen MR) is 116 cm³/mol. The van der Waals surface area contributed by atoms with Crippen molar-refractivity contribution in [3.05, 3.63) is 64.3 Å². The van der Waals surface area contributed by atoms with Crippen molar-refractivity contribution in [1.82, 2.24) is 0 Å². The van der Waals surface area contributed by atoms with E-state index in [2.05, 4.69) is 26.0 Å². The van der Waals surface area contributed by atoms with Crippen LogP contribution in [0.1, 0.15) is 57.9 Å². The highest BCUT2D eigenvalue weighted by Gasteiger charge is 2.15. The number of hydrogen-bond donors (Lipinski definition) is 0. The van der Waals surface area contributed by atoms with E-state index in [1.54, 1.807) is 18.2 Å². The van der Waals surface area contributed by atoms with Gasteiger partial charge in [-0.1, -0.05) is 69.9 Å². The molecule has 3 aromatic rings. The molecule has 4 heteroatoms. The molecule has 1 aromatic heterocycles. The molecule has 2 aromatic carbocycles. The Morgan fingerprint density at radius 3 is 2.38 bits per heavy atom. The molecule has 154 valence electrons. The number of benzene rings is 2. The average Bonchev–Trinajstić information content (AvgIpc) is 2.73. The third-order valence-corrected chi connectivity index (χ3v) is 5.15. The van der Waals surface area contributed by atoms with Crippen LogP contribution in [-0.2, 0) is 6.42 Å². The van der Waals surface area contributed by atoms with Crippen LogP contribution in [0.5, 0.6) is 5.75 Å². The maximum Gasteiger partial charge on any atom is 0.347 e. The highest BCUT2D eigenvalue weighted by molar-refractivity contribution is 5.86. The van der Waals surface area contributed by atoms with Gasteiger partial charge in [-0.25, -0.2) is 9.18 Å². The Hall–Kier alpha value is -2.62. The Bertz CT molecular complexity index is 989. The second-order valence-corrected chi connectivity index (χ2v) is 7.45. The molecule has 0 N–H and O–H groups in total. The van der Waals surface area contributed by atoms with Crippen LogP contribution < -0.4 is 10.4 Å². The summed E-state index contributed by atoms with van der Waals surface area (Å²) in [4.78, 5) is 12.5. The molecule has 3 nitrogen and oxygen atoms in total. The molecule has 0 aliphatic carbocycles. The molecule has 0 fully saturated rings. The Labute approximate surface area is 171 Å². The Balaban J connectivity index is 1.83. The van der Waals surface area contributed by atoms with Crippen molar-refractivity contribution in [2.75, 3.05) is 6.61 Å². The molecule has 0 spiro atoms. The first kappa shape index (κ1) is 21.1. The van der Waals surface area contributed by atoms with Crippen molar-refractivity contribution in [2.24, 2.45) is 0 Å². The van der Waals surface area contributed by atoms with E-state index in [4.69, 9.17) is 9.15 Å². The van der Waals surface area contributed by atoms with Gasteiger partial charge in [-0.2, -0.15) is 0 Å². The molecule has 3 rings (SSSR count). The maximum absolute atomic E-state index is 14.8. The van der Waals surface area contributed by atoms with Crippen LogP contribution in [0.4, 0.5) is 4.39 Å². The fourth-order valence-electron chi connectivity index (χ4n) is 3.42. The van der Waals surface area contributed by atoms with Gasteiger partial charge < -0.3 is 9.15 Å². The molecule has 0 aliphatic heterocycles. The normalized spacial score (nSPS) is 11.1. The summed E-state index contributed by atoms with van der Waals surface area (Å²) in [6, 6.07) is 13.0. The summed E-state index contributed by atoms with van der Waals surface area (Å²) in [6.45, 7) is 4.72. The molecule has 1 heterocycles. The van der Waals surface area contributed by atoms with E-state index >= 15 is 0 Å². The molecule has 29 heavy (non-hydrogen) atoms. The minimum absolute atomic E-state index is 0.0575. The largest absolute Gasteiger partial charge is 0.490 e. The fourth-order valence-corrected chi connectivity index (χ4v) is 3.42. The van der Waals surface area contributed by atoms with Gasteiger partial charge in [0.05, 0.1) is 6.61 Å². The van der Waals surface area contributed by atoms with Crippen LogP contribution >= 0.6 is 0 Å². The summed E-state index contributed by atoms with van der Waals surface area (Å²) in [5.41, 5.74) is 1.39. The van der Waals surface area contributed by atoms with Crippen LogP contribution in [0.2, 0.25) is 0 Å². The molecule has 0 unspecified atom stereocenters. The maximum atomic E-state index is 14.8. The first-order chi connectivity index (χ1) is 14.1. The van der Waals surface area contributed by atoms with E-state index < -0.39 is 11.4 Å². The summed E-state index contributed by atoms with van der Waals surface area (Å²) < 4.78 is 25.7. The van der Waals surface area contributed by atoms with Gasteiger partial charge in [0.1, 0.15) is 11.1 Å². The smallest absolute Gasteiger partial charge is 0.347 e. The summed E-state index contributed by atoms with van der Waals surface area (Å²) in [7, 11) is 0.